The molecule has 0 saturated carbocycles. The van der Waals surface area contributed by atoms with Crippen LogP contribution in [0, 0.1) is 0 Å². The zero-order valence-corrected chi connectivity index (χ0v) is 8.47. The normalized spacial score (nSPS) is 12.9. The number of amides is 1. The average Bonchev–Trinajstić information content (AvgIpc) is 1.82. The van der Waals surface area contributed by atoms with E-state index in [-0.39, 0.29) is 0 Å². The summed E-state index contributed by atoms with van der Waals surface area (Å²) in [5.41, 5.74) is 0.346. The third kappa shape index (κ3) is 5.89. The summed E-state index contributed by atoms with van der Waals surface area (Å²) in [6, 6.07) is 0. The molecule has 0 fully saturated rings. The molecule has 0 heterocycles. The van der Waals surface area contributed by atoms with Crippen molar-refractivity contribution in [3.05, 3.63) is 0 Å². The van der Waals surface area contributed by atoms with Crippen molar-refractivity contribution in [1.29, 1.82) is 0 Å². The summed E-state index contributed by atoms with van der Waals surface area (Å²) in [5, 5.41) is 0. The van der Waals surface area contributed by atoms with Crippen LogP contribution in [0.2, 0.25) is 0 Å². The predicted molar refractivity (Wildman–Crippen MR) is 49.6 cm³/mol. The quantitative estimate of drug-likeness (QED) is 0.569. The molecule has 12 heavy (non-hydrogen) atoms. The second-order valence-electron chi connectivity index (χ2n) is 3.68. The maximum Gasteiger partial charge on any atom is 0.434 e. The van der Waals surface area contributed by atoms with Crippen LogP contribution in [-0.4, -0.2) is 17.4 Å². The van der Waals surface area contributed by atoms with E-state index in [9.17, 15) is 4.79 Å². The van der Waals surface area contributed by atoms with E-state index in [1.807, 2.05) is 34.6 Å². The third-order valence-electron chi connectivity index (χ3n) is 1.19. The molecule has 0 aromatic heterocycles. The van der Waals surface area contributed by atoms with Gasteiger partial charge in [0.25, 0.3) is 0 Å². The molecule has 1 amide bonds. The molecule has 3 heteroatoms. The van der Waals surface area contributed by atoms with Crippen molar-refractivity contribution in [2.45, 2.75) is 46.6 Å². The zero-order chi connectivity index (χ0) is 9.78. The van der Waals surface area contributed by atoms with Crippen molar-refractivity contribution in [1.82, 2.24) is 0 Å². The second kappa shape index (κ2) is 4.24. The lowest BCUT2D eigenvalue weighted by Crippen LogP contribution is -2.22. The molecule has 0 N–H and O–H groups in total. The number of ether oxygens (including phenoxy) is 1. The molecule has 0 aromatic rings. The number of carbonyl (C=O) groups excluding carboxylic acids is 1. The minimum atomic E-state index is -0.498. The van der Waals surface area contributed by atoms with Crippen LogP contribution in [0.15, 0.2) is 4.99 Å². The Balaban J connectivity index is 4.08. The Bertz CT molecular complexity index is 189. The first-order valence-corrected chi connectivity index (χ1v) is 4.12. The SMILES string of the molecule is CCC(C)=NC(=O)OC(C)(C)C. The minimum Gasteiger partial charge on any atom is -0.442 e. The van der Waals surface area contributed by atoms with E-state index in [0.29, 0.717) is 0 Å². The summed E-state index contributed by atoms with van der Waals surface area (Å²) in [4.78, 5) is 14.8. The van der Waals surface area contributed by atoms with Gasteiger partial charge in [0, 0.05) is 5.71 Å². The van der Waals surface area contributed by atoms with Crippen LogP contribution in [0.1, 0.15) is 41.0 Å². The molecule has 0 bridgehead atoms. The first-order chi connectivity index (χ1) is 5.35. The van der Waals surface area contributed by atoms with Gasteiger partial charge >= 0.3 is 6.09 Å². The summed E-state index contributed by atoms with van der Waals surface area (Å²) in [7, 11) is 0. The standard InChI is InChI=1S/C9H17NO2/c1-6-7(2)10-8(11)12-9(3,4)5/h6H2,1-5H3. The molecule has 0 aliphatic rings. The van der Waals surface area contributed by atoms with Crippen LogP contribution in [0.5, 0.6) is 0 Å². The summed E-state index contributed by atoms with van der Waals surface area (Å²) >= 11 is 0. The first kappa shape index (κ1) is 11.1. The molecular weight excluding hydrogens is 154 g/mol. The van der Waals surface area contributed by atoms with Gasteiger partial charge in [-0.05, 0) is 34.1 Å². The fraction of sp³-hybridized carbons (Fsp3) is 0.778. The number of hydrogen-bond donors (Lipinski definition) is 0. The van der Waals surface area contributed by atoms with Gasteiger partial charge in [0.1, 0.15) is 5.60 Å². The van der Waals surface area contributed by atoms with Crippen LogP contribution in [0.4, 0.5) is 4.79 Å². The monoisotopic (exact) mass is 171 g/mol. The Kier molecular flexibility index (Phi) is 3.93. The molecule has 70 valence electrons. The van der Waals surface area contributed by atoms with Crippen molar-refractivity contribution in [3.8, 4) is 0 Å². The number of aliphatic imine (C=N–C) groups is 1. The lowest BCUT2D eigenvalue weighted by Gasteiger charge is -2.17. The Labute approximate surface area is 73.8 Å². The molecule has 0 rings (SSSR count). The van der Waals surface area contributed by atoms with Gasteiger partial charge in [-0.1, -0.05) is 6.92 Å². The van der Waals surface area contributed by atoms with Crippen LogP contribution in [0.25, 0.3) is 0 Å². The van der Waals surface area contributed by atoms with Crippen molar-refractivity contribution in [2.24, 2.45) is 4.99 Å². The van der Waals surface area contributed by atoms with E-state index in [1.165, 1.54) is 0 Å². The van der Waals surface area contributed by atoms with Gasteiger partial charge in [-0.15, -0.1) is 0 Å². The van der Waals surface area contributed by atoms with E-state index >= 15 is 0 Å². The lowest BCUT2D eigenvalue weighted by molar-refractivity contribution is 0.0604. The lowest BCUT2D eigenvalue weighted by atomic mass is 10.2. The molecule has 3 nitrogen and oxygen atoms in total. The van der Waals surface area contributed by atoms with E-state index in [4.69, 9.17) is 4.74 Å². The van der Waals surface area contributed by atoms with Crippen molar-refractivity contribution in [2.75, 3.05) is 0 Å². The Morgan fingerprint density at radius 2 is 1.92 bits per heavy atom. The highest BCUT2D eigenvalue weighted by molar-refractivity contribution is 5.91. The maximum absolute atomic E-state index is 11.0. The minimum absolute atomic E-state index is 0.450. The van der Waals surface area contributed by atoms with Crippen molar-refractivity contribution >= 4 is 11.8 Å². The van der Waals surface area contributed by atoms with Gasteiger partial charge in [0.2, 0.25) is 0 Å². The summed E-state index contributed by atoms with van der Waals surface area (Å²) in [6.45, 7) is 9.22. The fourth-order valence-corrected chi connectivity index (χ4v) is 0.520. The van der Waals surface area contributed by atoms with Gasteiger partial charge in [-0.25, -0.2) is 4.79 Å². The molecular formula is C9H17NO2. The van der Waals surface area contributed by atoms with Crippen LogP contribution in [0.3, 0.4) is 0 Å². The Morgan fingerprint density at radius 1 is 1.42 bits per heavy atom. The molecule has 0 radical (unpaired) electrons. The fourth-order valence-electron chi connectivity index (χ4n) is 0.520. The van der Waals surface area contributed by atoms with Gasteiger partial charge in [0.15, 0.2) is 0 Å². The number of hydrogen-bond acceptors (Lipinski definition) is 2. The van der Waals surface area contributed by atoms with Gasteiger partial charge < -0.3 is 4.74 Å². The van der Waals surface area contributed by atoms with Crippen molar-refractivity contribution in [3.63, 3.8) is 0 Å². The smallest absolute Gasteiger partial charge is 0.434 e. The largest absolute Gasteiger partial charge is 0.442 e. The third-order valence-corrected chi connectivity index (χ3v) is 1.19. The average molecular weight is 171 g/mol. The van der Waals surface area contributed by atoms with E-state index in [0.717, 1.165) is 12.1 Å². The predicted octanol–water partition coefficient (Wildman–Crippen LogP) is 2.79. The highest BCUT2D eigenvalue weighted by Gasteiger charge is 2.15. The van der Waals surface area contributed by atoms with Gasteiger partial charge in [0.05, 0.1) is 0 Å². The molecule has 0 atom stereocenters. The number of rotatable bonds is 1. The molecule has 0 saturated heterocycles. The topological polar surface area (TPSA) is 38.7 Å². The van der Waals surface area contributed by atoms with Crippen molar-refractivity contribution < 1.29 is 9.53 Å². The van der Waals surface area contributed by atoms with Crippen LogP contribution < -0.4 is 0 Å². The molecule has 0 aliphatic heterocycles. The summed E-state index contributed by atoms with van der Waals surface area (Å²) in [6.07, 6.45) is 0.279. The Morgan fingerprint density at radius 3 is 2.25 bits per heavy atom. The number of nitrogens with zero attached hydrogens (tertiary/aromatic N) is 1. The highest BCUT2D eigenvalue weighted by Crippen LogP contribution is 2.08. The molecule has 0 spiro atoms. The van der Waals surface area contributed by atoms with Gasteiger partial charge in [-0.2, -0.15) is 4.99 Å². The van der Waals surface area contributed by atoms with E-state index in [2.05, 4.69) is 4.99 Å². The van der Waals surface area contributed by atoms with Crippen LogP contribution >= 0.6 is 0 Å². The summed E-state index contributed by atoms with van der Waals surface area (Å²) in [5.74, 6) is 0. The van der Waals surface area contributed by atoms with E-state index in [1.54, 1.807) is 0 Å². The second-order valence-corrected chi connectivity index (χ2v) is 3.68. The number of carbonyl (C=O) groups is 1. The van der Waals surface area contributed by atoms with E-state index < -0.39 is 11.7 Å². The molecule has 0 aliphatic carbocycles. The maximum atomic E-state index is 11.0. The molecule has 0 aromatic carbocycles. The first-order valence-electron chi connectivity index (χ1n) is 4.12. The van der Waals surface area contributed by atoms with Gasteiger partial charge in [-0.3, -0.25) is 0 Å². The zero-order valence-electron chi connectivity index (χ0n) is 8.47. The Hall–Kier alpha value is -0.860. The molecule has 0 unspecified atom stereocenters. The summed E-state index contributed by atoms with van der Waals surface area (Å²) < 4.78 is 4.98. The highest BCUT2D eigenvalue weighted by atomic mass is 16.6. The van der Waals surface area contributed by atoms with Crippen LogP contribution in [-0.2, 0) is 4.74 Å².